The zero-order valence-electron chi connectivity index (χ0n) is 14.5. The van der Waals surface area contributed by atoms with E-state index in [2.05, 4.69) is 4.90 Å². The highest BCUT2D eigenvalue weighted by Gasteiger charge is 2.21. The molecule has 7 heteroatoms. The van der Waals surface area contributed by atoms with Gasteiger partial charge in [-0.05, 0) is 34.9 Å². The molecule has 2 aromatic rings. The molecule has 0 spiro atoms. The number of carboxylic acids is 1. The number of anilines is 1. The quantitative estimate of drug-likeness (QED) is 0.645. The number of aliphatic carboxylic acids is 1. The molecule has 2 aromatic carbocycles. The molecule has 0 aromatic heterocycles. The Morgan fingerprint density at radius 1 is 1.00 bits per heavy atom. The summed E-state index contributed by atoms with van der Waals surface area (Å²) in [4.78, 5) is 13.0. The Labute approximate surface area is 157 Å². The largest absolute Gasteiger partial charge is 0.477 e. The molecule has 0 bridgehead atoms. The van der Waals surface area contributed by atoms with E-state index >= 15 is 0 Å². The lowest BCUT2D eigenvalue weighted by atomic mass is 10.0. The molecule has 1 fully saturated rings. The third-order valence-corrected chi connectivity index (χ3v) is 6.09. The van der Waals surface area contributed by atoms with Crippen LogP contribution >= 0.6 is 0 Å². The molecule has 6 nitrogen and oxygen atoms in total. The van der Waals surface area contributed by atoms with E-state index in [1.54, 1.807) is 18.2 Å². The lowest BCUT2D eigenvalue weighted by molar-refractivity contribution is -0.132. The molecule has 1 aliphatic heterocycles. The third kappa shape index (κ3) is 4.54. The van der Waals surface area contributed by atoms with Crippen molar-refractivity contribution in [1.29, 1.82) is 5.26 Å². The fourth-order valence-electron chi connectivity index (χ4n) is 2.92. The minimum absolute atomic E-state index is 0.185. The zero-order chi connectivity index (χ0) is 19.4. The molecule has 0 amide bonds. The average Bonchev–Trinajstić information content (AvgIpc) is 2.66. The lowest BCUT2D eigenvalue weighted by Crippen LogP contribution is -2.40. The molecule has 0 radical (unpaired) electrons. The predicted octanol–water partition coefficient (Wildman–Crippen LogP) is 2.58. The van der Waals surface area contributed by atoms with Crippen molar-refractivity contribution >= 4 is 27.6 Å². The van der Waals surface area contributed by atoms with Gasteiger partial charge in [0.1, 0.15) is 11.6 Å². The number of rotatable bonds is 4. The van der Waals surface area contributed by atoms with Gasteiger partial charge in [-0.3, -0.25) is 0 Å². The van der Waals surface area contributed by atoms with E-state index in [9.17, 15) is 13.2 Å². The van der Waals surface area contributed by atoms with Gasteiger partial charge in [-0.25, -0.2) is 13.2 Å². The summed E-state index contributed by atoms with van der Waals surface area (Å²) >= 11 is 0. The van der Waals surface area contributed by atoms with Crippen molar-refractivity contribution in [1.82, 2.24) is 0 Å². The molecular formula is C20H18N2O4S. The first-order chi connectivity index (χ1) is 12.9. The third-order valence-electron chi connectivity index (χ3n) is 4.48. The van der Waals surface area contributed by atoms with Gasteiger partial charge in [0, 0.05) is 18.8 Å². The van der Waals surface area contributed by atoms with Crippen molar-refractivity contribution in [3.8, 4) is 17.2 Å². The maximum absolute atomic E-state index is 11.5. The van der Waals surface area contributed by atoms with E-state index in [-0.39, 0.29) is 17.1 Å². The number of carbonyl (C=O) groups is 1. The summed E-state index contributed by atoms with van der Waals surface area (Å²) in [5, 5.41) is 17.7. The Morgan fingerprint density at radius 3 is 2.00 bits per heavy atom. The van der Waals surface area contributed by atoms with Gasteiger partial charge in [-0.2, -0.15) is 5.26 Å². The van der Waals surface area contributed by atoms with Gasteiger partial charge >= 0.3 is 5.97 Å². The van der Waals surface area contributed by atoms with E-state index in [0.717, 1.165) is 16.8 Å². The molecule has 138 valence electrons. The maximum Gasteiger partial charge on any atom is 0.346 e. The van der Waals surface area contributed by atoms with Crippen molar-refractivity contribution in [2.45, 2.75) is 0 Å². The Morgan fingerprint density at radius 2 is 1.52 bits per heavy atom. The van der Waals surface area contributed by atoms with Crippen molar-refractivity contribution in [3.05, 3.63) is 59.7 Å². The van der Waals surface area contributed by atoms with Gasteiger partial charge in [0.05, 0.1) is 11.5 Å². The first-order valence-electron chi connectivity index (χ1n) is 8.39. The zero-order valence-corrected chi connectivity index (χ0v) is 15.3. The second-order valence-electron chi connectivity index (χ2n) is 6.28. The molecule has 0 unspecified atom stereocenters. The van der Waals surface area contributed by atoms with E-state index < -0.39 is 15.8 Å². The number of hydrogen-bond donors (Lipinski definition) is 1. The number of nitrogens with zero attached hydrogens (tertiary/aromatic N) is 2. The van der Waals surface area contributed by atoms with Gasteiger partial charge in [0.2, 0.25) is 0 Å². The number of benzene rings is 2. The molecule has 1 heterocycles. The molecule has 1 aliphatic rings. The summed E-state index contributed by atoms with van der Waals surface area (Å²) in [7, 11) is -2.90. The SMILES string of the molecule is N#C/C(=C\c1ccc(-c2ccc(N3CCS(=O)(=O)CC3)cc2)cc1)C(=O)O. The summed E-state index contributed by atoms with van der Waals surface area (Å²) in [6, 6.07) is 16.8. The molecule has 0 aliphatic carbocycles. The van der Waals surface area contributed by atoms with Crippen LogP contribution in [0.25, 0.3) is 17.2 Å². The molecule has 1 N–H and O–H groups in total. The van der Waals surface area contributed by atoms with Crippen LogP contribution in [0, 0.1) is 11.3 Å². The van der Waals surface area contributed by atoms with Crippen LogP contribution in [-0.4, -0.2) is 44.1 Å². The fourth-order valence-corrected chi connectivity index (χ4v) is 4.12. The average molecular weight is 382 g/mol. The second kappa shape index (κ2) is 7.64. The topological polar surface area (TPSA) is 98.5 Å². The normalized spacial score (nSPS) is 16.6. The Kier molecular flexibility index (Phi) is 5.28. The Bertz CT molecular complexity index is 1000. The van der Waals surface area contributed by atoms with E-state index in [0.29, 0.717) is 18.7 Å². The van der Waals surface area contributed by atoms with Crippen LogP contribution in [0.1, 0.15) is 5.56 Å². The monoisotopic (exact) mass is 382 g/mol. The maximum atomic E-state index is 11.5. The Hall–Kier alpha value is -3.11. The smallest absolute Gasteiger partial charge is 0.346 e. The molecule has 3 rings (SSSR count). The highest BCUT2D eigenvalue weighted by Crippen LogP contribution is 2.25. The van der Waals surface area contributed by atoms with Crippen LogP contribution in [0.2, 0.25) is 0 Å². The van der Waals surface area contributed by atoms with Gasteiger partial charge in [-0.15, -0.1) is 0 Å². The highest BCUT2D eigenvalue weighted by molar-refractivity contribution is 7.91. The van der Waals surface area contributed by atoms with Crippen LogP contribution in [-0.2, 0) is 14.6 Å². The van der Waals surface area contributed by atoms with E-state index in [1.165, 1.54) is 6.08 Å². The van der Waals surface area contributed by atoms with Crippen LogP contribution in [0.15, 0.2) is 54.1 Å². The van der Waals surface area contributed by atoms with Crippen molar-refractivity contribution in [2.75, 3.05) is 29.5 Å². The van der Waals surface area contributed by atoms with Gasteiger partial charge in [0.15, 0.2) is 9.84 Å². The molecular weight excluding hydrogens is 364 g/mol. The summed E-state index contributed by atoms with van der Waals surface area (Å²) in [5.41, 5.74) is 3.29. The molecule has 1 saturated heterocycles. The molecule has 27 heavy (non-hydrogen) atoms. The number of hydrogen-bond acceptors (Lipinski definition) is 5. The summed E-state index contributed by atoms with van der Waals surface area (Å²) in [6.07, 6.45) is 1.33. The van der Waals surface area contributed by atoms with Crippen LogP contribution in [0.3, 0.4) is 0 Å². The van der Waals surface area contributed by atoms with Crippen LogP contribution < -0.4 is 4.90 Å². The van der Waals surface area contributed by atoms with Gasteiger partial charge < -0.3 is 10.0 Å². The highest BCUT2D eigenvalue weighted by atomic mass is 32.2. The number of sulfone groups is 1. The number of nitriles is 1. The standard InChI is InChI=1S/C20H18N2O4S/c21-14-18(20(23)24)13-15-1-3-16(4-2-15)17-5-7-19(8-6-17)22-9-11-27(25,26)12-10-22/h1-8,13H,9-12H2,(H,23,24)/b18-13+. The van der Waals surface area contributed by atoms with E-state index in [4.69, 9.17) is 10.4 Å². The van der Waals surface area contributed by atoms with Crippen LogP contribution in [0.4, 0.5) is 5.69 Å². The first-order valence-corrected chi connectivity index (χ1v) is 10.2. The second-order valence-corrected chi connectivity index (χ2v) is 8.59. The summed E-state index contributed by atoms with van der Waals surface area (Å²) in [5.74, 6) is -0.877. The van der Waals surface area contributed by atoms with Crippen molar-refractivity contribution in [3.63, 3.8) is 0 Å². The minimum Gasteiger partial charge on any atom is -0.477 e. The van der Waals surface area contributed by atoms with Gasteiger partial charge in [0.25, 0.3) is 0 Å². The molecule has 0 saturated carbocycles. The van der Waals surface area contributed by atoms with Crippen LogP contribution in [0.5, 0.6) is 0 Å². The fraction of sp³-hybridized carbons (Fsp3) is 0.200. The summed E-state index contributed by atoms with van der Waals surface area (Å²) < 4.78 is 23.1. The predicted molar refractivity (Wildman–Crippen MR) is 104 cm³/mol. The number of carboxylic acid groups (broad SMARTS) is 1. The first kappa shape index (κ1) is 18.7. The Balaban J connectivity index is 1.74. The molecule has 0 atom stereocenters. The lowest BCUT2D eigenvalue weighted by Gasteiger charge is -2.28. The minimum atomic E-state index is -2.90. The van der Waals surface area contributed by atoms with Gasteiger partial charge in [-0.1, -0.05) is 36.4 Å². The van der Waals surface area contributed by atoms with Crippen molar-refractivity contribution in [2.24, 2.45) is 0 Å². The van der Waals surface area contributed by atoms with Crippen molar-refractivity contribution < 1.29 is 18.3 Å². The van der Waals surface area contributed by atoms with E-state index in [1.807, 2.05) is 36.4 Å². The summed E-state index contributed by atoms with van der Waals surface area (Å²) in [6.45, 7) is 1.01.